The molecule has 1 saturated carbocycles. The van der Waals surface area contributed by atoms with E-state index in [1.807, 2.05) is 12.1 Å². The Bertz CT molecular complexity index is 1250. The summed E-state index contributed by atoms with van der Waals surface area (Å²) in [5.74, 6) is 6.35. The lowest BCUT2D eigenvalue weighted by Crippen LogP contribution is -2.43. The first-order valence-corrected chi connectivity index (χ1v) is 11.0. The Kier molecular flexibility index (Phi) is 6.66. The minimum Gasteiger partial charge on any atom is -0.465 e. The maximum absolute atomic E-state index is 12.6. The van der Waals surface area contributed by atoms with Crippen molar-refractivity contribution in [2.45, 2.75) is 37.8 Å². The number of benzene rings is 2. The van der Waals surface area contributed by atoms with Crippen LogP contribution < -0.4 is 16.4 Å². The van der Waals surface area contributed by atoms with Crippen LogP contribution in [0.5, 0.6) is 0 Å². The number of nitrogen functional groups attached to an aromatic ring is 1. The van der Waals surface area contributed by atoms with Gasteiger partial charge in [0.25, 0.3) is 5.91 Å². The lowest BCUT2D eigenvalue weighted by atomic mass is 9.91. The maximum Gasteiger partial charge on any atom is 0.404 e. The van der Waals surface area contributed by atoms with Crippen LogP contribution in [0.1, 0.15) is 47.2 Å². The molecule has 3 aromatic rings. The second kappa shape index (κ2) is 9.80. The lowest BCUT2D eigenvalue weighted by molar-refractivity contribution is 0.0923. The summed E-state index contributed by atoms with van der Waals surface area (Å²) in [5, 5.41) is 16.7. The highest BCUT2D eigenvalue weighted by molar-refractivity contribution is 6.31. The third kappa shape index (κ3) is 5.54. The van der Waals surface area contributed by atoms with E-state index in [0.717, 1.165) is 29.2 Å². The number of aromatic nitrogens is 1. The summed E-state index contributed by atoms with van der Waals surface area (Å²) in [6.45, 7) is 0. The van der Waals surface area contributed by atoms with Crippen molar-refractivity contribution in [3.8, 4) is 11.8 Å². The number of hydrogen-bond acceptors (Lipinski definition) is 4. The lowest BCUT2D eigenvalue weighted by Gasteiger charge is -2.28. The fourth-order valence-electron chi connectivity index (χ4n) is 4.00. The number of nitrogens with one attached hydrogen (secondary N) is 2. The van der Waals surface area contributed by atoms with Crippen LogP contribution in [0.15, 0.2) is 48.7 Å². The van der Waals surface area contributed by atoms with Gasteiger partial charge in [0.15, 0.2) is 0 Å². The third-order valence-corrected chi connectivity index (χ3v) is 5.99. The smallest absolute Gasteiger partial charge is 0.404 e. The summed E-state index contributed by atoms with van der Waals surface area (Å²) in [5.41, 5.74) is 7.95. The molecule has 33 heavy (non-hydrogen) atoms. The predicted octanol–water partition coefficient (Wildman–Crippen LogP) is 4.18. The first-order chi connectivity index (χ1) is 15.9. The zero-order valence-electron chi connectivity index (χ0n) is 17.8. The minimum absolute atomic E-state index is 0.0393. The Morgan fingerprint density at radius 3 is 2.33 bits per heavy atom. The van der Waals surface area contributed by atoms with Gasteiger partial charge in [-0.15, -0.1) is 0 Å². The number of carbonyl (C=O) groups excluding carboxylic acids is 1. The maximum atomic E-state index is 12.6. The second-order valence-corrected chi connectivity index (χ2v) is 8.49. The van der Waals surface area contributed by atoms with E-state index < -0.39 is 6.09 Å². The van der Waals surface area contributed by atoms with Crippen molar-refractivity contribution >= 4 is 40.2 Å². The number of amides is 2. The van der Waals surface area contributed by atoms with Crippen molar-refractivity contribution in [2.24, 2.45) is 0 Å². The number of hydrogen-bond donors (Lipinski definition) is 4. The van der Waals surface area contributed by atoms with Gasteiger partial charge in [-0.3, -0.25) is 4.79 Å². The molecule has 1 fully saturated rings. The van der Waals surface area contributed by atoms with Gasteiger partial charge in [-0.25, -0.2) is 9.78 Å². The van der Waals surface area contributed by atoms with E-state index in [9.17, 15) is 9.59 Å². The average molecular weight is 463 g/mol. The van der Waals surface area contributed by atoms with Crippen LogP contribution in [-0.4, -0.2) is 34.2 Å². The number of carboxylic acid groups (broad SMARTS) is 1. The van der Waals surface area contributed by atoms with Gasteiger partial charge in [0.05, 0.1) is 5.56 Å². The standard InChI is InChI=1S/C25H23ClN4O3/c26-18-7-6-17-14-28-23(27)21(22(17)13-18)12-3-15-1-4-16(5-2-15)24(31)29-19-8-10-20(11-9-19)30-25(32)33/h1-2,4-7,13-14,19-20,30H,8-11H2,(H2,27,28)(H,29,31)(H,32,33). The van der Waals surface area contributed by atoms with Crippen molar-refractivity contribution < 1.29 is 14.7 Å². The molecule has 4 rings (SSSR count). The fraction of sp³-hybridized carbons (Fsp3) is 0.240. The highest BCUT2D eigenvalue weighted by Crippen LogP contribution is 2.25. The van der Waals surface area contributed by atoms with E-state index in [1.54, 1.807) is 36.5 Å². The predicted molar refractivity (Wildman–Crippen MR) is 128 cm³/mol. The van der Waals surface area contributed by atoms with Gasteiger partial charge in [0, 0.05) is 45.2 Å². The van der Waals surface area contributed by atoms with Gasteiger partial charge in [-0.2, -0.15) is 0 Å². The minimum atomic E-state index is -1.01. The summed E-state index contributed by atoms with van der Waals surface area (Å²) >= 11 is 6.13. The largest absolute Gasteiger partial charge is 0.465 e. The van der Waals surface area contributed by atoms with Crippen molar-refractivity contribution in [2.75, 3.05) is 5.73 Å². The molecule has 0 spiro atoms. The molecule has 7 nitrogen and oxygen atoms in total. The number of fused-ring (bicyclic) bond motifs is 1. The second-order valence-electron chi connectivity index (χ2n) is 8.05. The zero-order chi connectivity index (χ0) is 23.4. The first kappa shape index (κ1) is 22.4. The molecular formula is C25H23ClN4O3. The molecule has 1 aliphatic carbocycles. The van der Waals surface area contributed by atoms with Crippen LogP contribution in [0.4, 0.5) is 10.6 Å². The average Bonchev–Trinajstić information content (AvgIpc) is 2.79. The summed E-state index contributed by atoms with van der Waals surface area (Å²) < 4.78 is 0. The molecule has 5 N–H and O–H groups in total. The molecule has 0 radical (unpaired) electrons. The molecule has 1 heterocycles. The summed E-state index contributed by atoms with van der Waals surface area (Å²) in [4.78, 5) is 27.5. The molecule has 1 aromatic heterocycles. The Hall–Kier alpha value is -3.76. The SMILES string of the molecule is Nc1ncc2ccc(Cl)cc2c1C#Cc1ccc(C(=O)NC2CCC(NC(=O)O)CC2)cc1. The van der Waals surface area contributed by atoms with Crippen LogP contribution in [0.25, 0.3) is 10.8 Å². The molecule has 0 atom stereocenters. The molecule has 0 saturated heterocycles. The van der Waals surface area contributed by atoms with Crippen LogP contribution in [-0.2, 0) is 0 Å². The van der Waals surface area contributed by atoms with E-state index in [2.05, 4.69) is 27.5 Å². The number of pyridine rings is 1. The van der Waals surface area contributed by atoms with Crippen molar-refractivity contribution in [1.82, 2.24) is 15.6 Å². The zero-order valence-corrected chi connectivity index (χ0v) is 18.5. The number of carbonyl (C=O) groups is 2. The van der Waals surface area contributed by atoms with E-state index >= 15 is 0 Å². The Morgan fingerprint density at radius 2 is 1.67 bits per heavy atom. The van der Waals surface area contributed by atoms with Crippen molar-refractivity contribution in [3.63, 3.8) is 0 Å². The molecule has 0 unspecified atom stereocenters. The van der Waals surface area contributed by atoms with Gasteiger partial charge in [-0.05, 0) is 62.1 Å². The molecule has 2 aromatic carbocycles. The first-order valence-electron chi connectivity index (χ1n) is 10.6. The number of nitrogens with two attached hydrogens (primary N) is 1. The van der Waals surface area contributed by atoms with Crippen LogP contribution in [0.3, 0.4) is 0 Å². The van der Waals surface area contributed by atoms with Crippen LogP contribution in [0, 0.1) is 11.8 Å². The third-order valence-electron chi connectivity index (χ3n) is 5.75. The molecule has 0 aliphatic heterocycles. The van der Waals surface area contributed by atoms with Gasteiger partial charge < -0.3 is 21.5 Å². The number of rotatable bonds is 3. The van der Waals surface area contributed by atoms with E-state index in [1.165, 1.54) is 0 Å². The van der Waals surface area contributed by atoms with Gasteiger partial charge >= 0.3 is 6.09 Å². The van der Waals surface area contributed by atoms with Crippen molar-refractivity contribution in [1.29, 1.82) is 0 Å². The number of anilines is 1. The Morgan fingerprint density at radius 1 is 1.00 bits per heavy atom. The van der Waals surface area contributed by atoms with E-state index in [-0.39, 0.29) is 18.0 Å². The summed E-state index contributed by atoms with van der Waals surface area (Å²) in [6.07, 6.45) is 3.59. The van der Waals surface area contributed by atoms with Crippen LogP contribution >= 0.6 is 11.6 Å². The number of nitrogens with zero attached hydrogens (tertiary/aromatic N) is 1. The highest BCUT2D eigenvalue weighted by atomic mass is 35.5. The monoisotopic (exact) mass is 462 g/mol. The highest BCUT2D eigenvalue weighted by Gasteiger charge is 2.23. The van der Waals surface area contributed by atoms with Crippen molar-refractivity contribution in [3.05, 3.63) is 70.4 Å². The Labute approximate surface area is 196 Å². The molecular weight excluding hydrogens is 440 g/mol. The van der Waals surface area contributed by atoms with Gasteiger partial charge in [0.1, 0.15) is 5.82 Å². The molecule has 168 valence electrons. The molecule has 1 aliphatic rings. The van der Waals surface area contributed by atoms with Gasteiger partial charge in [-0.1, -0.05) is 29.5 Å². The molecule has 2 amide bonds. The van der Waals surface area contributed by atoms with Crippen LogP contribution in [0.2, 0.25) is 5.02 Å². The topological polar surface area (TPSA) is 117 Å². The van der Waals surface area contributed by atoms with Gasteiger partial charge in [0.2, 0.25) is 0 Å². The Balaban J connectivity index is 1.42. The molecule has 0 bridgehead atoms. The fourth-order valence-corrected chi connectivity index (χ4v) is 4.17. The number of halogens is 1. The quantitative estimate of drug-likeness (QED) is 0.435. The normalized spacial score (nSPS) is 17.6. The summed E-state index contributed by atoms with van der Waals surface area (Å²) in [6, 6.07) is 12.5. The summed E-state index contributed by atoms with van der Waals surface area (Å²) in [7, 11) is 0. The molecule has 8 heteroatoms. The van der Waals surface area contributed by atoms with E-state index in [4.69, 9.17) is 22.4 Å². The van der Waals surface area contributed by atoms with E-state index in [0.29, 0.717) is 34.8 Å².